The Morgan fingerprint density at radius 1 is 1.18 bits per heavy atom. The molecule has 104 valence electrons. The van der Waals surface area contributed by atoms with E-state index < -0.39 is 10.0 Å². The van der Waals surface area contributed by atoms with Gasteiger partial charge in [-0.3, -0.25) is 0 Å². The first-order chi connectivity index (χ1) is 7.95. The Morgan fingerprint density at radius 3 is 2.29 bits per heavy atom. The van der Waals surface area contributed by atoms with Crippen molar-refractivity contribution >= 4 is 10.0 Å². The van der Waals surface area contributed by atoms with E-state index in [1.54, 1.807) is 4.31 Å². The van der Waals surface area contributed by atoms with Crippen LogP contribution in [0.3, 0.4) is 0 Å². The molecule has 0 aliphatic rings. The van der Waals surface area contributed by atoms with Gasteiger partial charge in [-0.1, -0.05) is 26.7 Å². The lowest BCUT2D eigenvalue weighted by Crippen LogP contribution is -2.41. The molecule has 0 amide bonds. The van der Waals surface area contributed by atoms with E-state index >= 15 is 0 Å². The monoisotopic (exact) mass is 264 g/mol. The molecular weight excluding hydrogens is 236 g/mol. The molecule has 0 aromatic heterocycles. The predicted molar refractivity (Wildman–Crippen MR) is 73.7 cm³/mol. The van der Waals surface area contributed by atoms with Crippen LogP contribution in [-0.2, 0) is 10.0 Å². The minimum Gasteiger partial charge on any atom is -0.316 e. The molecule has 17 heavy (non-hydrogen) atoms. The van der Waals surface area contributed by atoms with Crippen molar-refractivity contribution in [3.63, 3.8) is 0 Å². The van der Waals surface area contributed by atoms with E-state index in [4.69, 9.17) is 0 Å². The zero-order chi connectivity index (χ0) is 13.3. The molecule has 4 nitrogen and oxygen atoms in total. The lowest BCUT2D eigenvalue weighted by molar-refractivity contribution is 0.345. The number of nitrogens with one attached hydrogen (secondary N) is 1. The maximum Gasteiger partial charge on any atom is 0.215 e. The van der Waals surface area contributed by atoms with Gasteiger partial charge in [0.25, 0.3) is 0 Å². The van der Waals surface area contributed by atoms with E-state index in [2.05, 4.69) is 12.2 Å². The highest BCUT2D eigenvalue weighted by atomic mass is 32.2. The van der Waals surface area contributed by atoms with Crippen LogP contribution in [0.5, 0.6) is 0 Å². The maximum absolute atomic E-state index is 12.1. The van der Waals surface area contributed by atoms with Gasteiger partial charge in [-0.2, -0.15) is 4.31 Å². The van der Waals surface area contributed by atoms with Gasteiger partial charge in [0.15, 0.2) is 0 Å². The fourth-order valence-corrected chi connectivity index (χ4v) is 3.42. The first kappa shape index (κ1) is 16.9. The van der Waals surface area contributed by atoms with Crippen molar-refractivity contribution in [3.05, 3.63) is 0 Å². The number of unbranched alkanes of at least 4 members (excludes halogenated alkanes) is 2. The molecule has 0 aromatic carbocycles. The molecule has 5 heteroatoms. The molecule has 0 heterocycles. The Hall–Kier alpha value is -0.130. The molecule has 0 radical (unpaired) electrons. The quantitative estimate of drug-likeness (QED) is 0.612. The third-order valence-electron chi connectivity index (χ3n) is 2.70. The smallest absolute Gasteiger partial charge is 0.215 e. The molecule has 0 saturated heterocycles. The largest absolute Gasteiger partial charge is 0.316 e. The summed E-state index contributed by atoms with van der Waals surface area (Å²) in [6.45, 7) is 9.99. The SMILES string of the molecule is CCCCCN(C(C)C)S(=O)(=O)CCNCC. The second-order valence-electron chi connectivity index (χ2n) is 4.58. The van der Waals surface area contributed by atoms with E-state index in [1.165, 1.54) is 0 Å². The van der Waals surface area contributed by atoms with Crippen LogP contribution in [-0.4, -0.2) is 44.2 Å². The lowest BCUT2D eigenvalue weighted by atomic mass is 10.2. The first-order valence-corrected chi connectivity index (χ1v) is 8.26. The number of nitrogens with zero attached hydrogens (tertiary/aromatic N) is 1. The van der Waals surface area contributed by atoms with E-state index in [-0.39, 0.29) is 11.8 Å². The summed E-state index contributed by atoms with van der Waals surface area (Å²) in [7, 11) is -3.10. The molecule has 0 atom stereocenters. The van der Waals surface area contributed by atoms with Crippen LogP contribution in [0.2, 0.25) is 0 Å². The molecular formula is C12H28N2O2S. The van der Waals surface area contributed by atoms with Crippen molar-refractivity contribution in [3.8, 4) is 0 Å². The van der Waals surface area contributed by atoms with Gasteiger partial charge in [0.2, 0.25) is 10.0 Å². The van der Waals surface area contributed by atoms with Crippen LogP contribution < -0.4 is 5.32 Å². The van der Waals surface area contributed by atoms with Crippen molar-refractivity contribution in [2.24, 2.45) is 0 Å². The van der Waals surface area contributed by atoms with Crippen LogP contribution in [0.15, 0.2) is 0 Å². The summed E-state index contributed by atoms with van der Waals surface area (Å²) in [4.78, 5) is 0. The summed E-state index contributed by atoms with van der Waals surface area (Å²) < 4.78 is 25.9. The molecule has 0 fully saturated rings. The van der Waals surface area contributed by atoms with Crippen LogP contribution in [0.4, 0.5) is 0 Å². The zero-order valence-electron chi connectivity index (χ0n) is 11.7. The predicted octanol–water partition coefficient (Wildman–Crippen LogP) is 1.83. The van der Waals surface area contributed by atoms with E-state index in [9.17, 15) is 8.42 Å². The van der Waals surface area contributed by atoms with Gasteiger partial charge >= 0.3 is 0 Å². The van der Waals surface area contributed by atoms with E-state index in [0.717, 1.165) is 25.8 Å². The molecule has 0 aromatic rings. The Bertz CT molecular complexity index is 276. The van der Waals surface area contributed by atoms with Crippen molar-refractivity contribution in [1.29, 1.82) is 0 Å². The van der Waals surface area contributed by atoms with Gasteiger partial charge in [0.05, 0.1) is 5.75 Å². The third-order valence-corrected chi connectivity index (χ3v) is 4.74. The normalized spacial score (nSPS) is 12.6. The summed E-state index contributed by atoms with van der Waals surface area (Å²) in [5.74, 6) is 0.200. The Morgan fingerprint density at radius 2 is 1.82 bits per heavy atom. The Balaban J connectivity index is 4.35. The van der Waals surface area contributed by atoms with Gasteiger partial charge in [0, 0.05) is 19.1 Å². The minimum absolute atomic E-state index is 0.0542. The summed E-state index contributed by atoms with van der Waals surface area (Å²) in [5.41, 5.74) is 0. The molecule has 0 saturated carbocycles. The second kappa shape index (κ2) is 8.89. The molecule has 0 aliphatic heterocycles. The highest BCUT2D eigenvalue weighted by molar-refractivity contribution is 7.89. The average Bonchev–Trinajstić information content (AvgIpc) is 2.23. The number of hydrogen-bond donors (Lipinski definition) is 1. The number of hydrogen-bond acceptors (Lipinski definition) is 3. The van der Waals surface area contributed by atoms with Crippen molar-refractivity contribution in [2.45, 2.75) is 53.0 Å². The van der Waals surface area contributed by atoms with Crippen molar-refractivity contribution in [2.75, 3.05) is 25.4 Å². The van der Waals surface area contributed by atoms with Crippen molar-refractivity contribution in [1.82, 2.24) is 9.62 Å². The van der Waals surface area contributed by atoms with Gasteiger partial charge in [-0.25, -0.2) is 8.42 Å². The number of sulfonamides is 1. The average molecular weight is 264 g/mol. The highest BCUT2D eigenvalue weighted by Gasteiger charge is 2.23. The van der Waals surface area contributed by atoms with Gasteiger partial charge in [0.1, 0.15) is 0 Å². The summed E-state index contributed by atoms with van der Waals surface area (Å²) >= 11 is 0. The van der Waals surface area contributed by atoms with Gasteiger partial charge in [-0.05, 0) is 26.8 Å². The second-order valence-corrected chi connectivity index (χ2v) is 6.62. The van der Waals surface area contributed by atoms with Crippen LogP contribution in [0, 0.1) is 0 Å². The van der Waals surface area contributed by atoms with Crippen LogP contribution in [0.25, 0.3) is 0 Å². The van der Waals surface area contributed by atoms with Gasteiger partial charge < -0.3 is 5.32 Å². The molecule has 0 bridgehead atoms. The van der Waals surface area contributed by atoms with Crippen molar-refractivity contribution < 1.29 is 8.42 Å². The molecule has 0 unspecified atom stereocenters. The fourth-order valence-electron chi connectivity index (χ4n) is 1.73. The first-order valence-electron chi connectivity index (χ1n) is 6.66. The van der Waals surface area contributed by atoms with E-state index in [0.29, 0.717) is 13.1 Å². The molecule has 1 N–H and O–H groups in total. The lowest BCUT2D eigenvalue weighted by Gasteiger charge is -2.26. The Labute approximate surface area is 107 Å². The Kier molecular flexibility index (Phi) is 8.82. The summed E-state index contributed by atoms with van der Waals surface area (Å²) in [6.07, 6.45) is 3.16. The number of rotatable bonds is 10. The zero-order valence-corrected chi connectivity index (χ0v) is 12.5. The van der Waals surface area contributed by atoms with Crippen LogP contribution >= 0.6 is 0 Å². The highest BCUT2D eigenvalue weighted by Crippen LogP contribution is 2.10. The topological polar surface area (TPSA) is 49.4 Å². The van der Waals surface area contributed by atoms with Crippen LogP contribution in [0.1, 0.15) is 47.0 Å². The summed E-state index contributed by atoms with van der Waals surface area (Å²) in [5, 5.41) is 3.06. The van der Waals surface area contributed by atoms with E-state index in [1.807, 2.05) is 20.8 Å². The minimum atomic E-state index is -3.10. The van der Waals surface area contributed by atoms with Gasteiger partial charge in [-0.15, -0.1) is 0 Å². The molecule has 0 rings (SSSR count). The standard InChI is InChI=1S/C12H28N2O2S/c1-5-7-8-10-14(12(3)4)17(15,16)11-9-13-6-2/h12-13H,5-11H2,1-4H3. The molecule has 0 spiro atoms. The third kappa shape index (κ3) is 7.01. The fraction of sp³-hybridized carbons (Fsp3) is 1.00. The summed E-state index contributed by atoms with van der Waals surface area (Å²) in [6, 6.07) is 0.0542. The maximum atomic E-state index is 12.1. The molecule has 0 aliphatic carbocycles.